The molecular formula is C24H24N2O3. The zero-order chi connectivity index (χ0) is 20.6. The Morgan fingerprint density at radius 1 is 0.828 bits per heavy atom. The molecule has 0 saturated heterocycles. The number of ether oxygens (including phenoxy) is 1. The summed E-state index contributed by atoms with van der Waals surface area (Å²) < 4.78 is 5.43. The maximum Gasteiger partial charge on any atom is 0.259 e. The van der Waals surface area contributed by atoms with Crippen LogP contribution in [0.3, 0.4) is 0 Å². The molecular weight excluding hydrogens is 364 g/mol. The Morgan fingerprint density at radius 2 is 1.45 bits per heavy atom. The van der Waals surface area contributed by atoms with Crippen LogP contribution in [-0.4, -0.2) is 37.4 Å². The third kappa shape index (κ3) is 5.94. The van der Waals surface area contributed by atoms with Gasteiger partial charge in [0.1, 0.15) is 5.75 Å². The predicted octanol–water partition coefficient (Wildman–Crippen LogP) is 4.00. The monoisotopic (exact) mass is 388 g/mol. The summed E-state index contributed by atoms with van der Waals surface area (Å²) in [6.07, 6.45) is 0.296. The number of hydrogen-bond donors (Lipinski definition) is 1. The van der Waals surface area contributed by atoms with Gasteiger partial charge in [-0.05, 0) is 41.0 Å². The van der Waals surface area contributed by atoms with Crippen LogP contribution in [0, 0.1) is 0 Å². The molecule has 3 rings (SSSR count). The second-order valence-corrected chi connectivity index (χ2v) is 6.89. The van der Waals surface area contributed by atoms with Crippen molar-refractivity contribution >= 4 is 17.5 Å². The highest BCUT2D eigenvalue weighted by atomic mass is 16.5. The number of anilines is 1. The molecule has 2 amide bonds. The van der Waals surface area contributed by atoms with Crippen LogP contribution in [0.2, 0.25) is 0 Å². The van der Waals surface area contributed by atoms with Gasteiger partial charge in [-0.25, -0.2) is 0 Å². The summed E-state index contributed by atoms with van der Waals surface area (Å²) in [5.74, 6) is 0.379. The minimum Gasteiger partial charge on any atom is -0.484 e. The lowest BCUT2D eigenvalue weighted by Crippen LogP contribution is -2.27. The second-order valence-electron chi connectivity index (χ2n) is 6.89. The van der Waals surface area contributed by atoms with Crippen molar-refractivity contribution in [3.8, 4) is 16.9 Å². The van der Waals surface area contributed by atoms with Crippen molar-refractivity contribution in [3.05, 3.63) is 84.4 Å². The Balaban J connectivity index is 1.52. The fraction of sp³-hybridized carbons (Fsp3) is 0.167. The van der Waals surface area contributed by atoms with E-state index in [1.165, 1.54) is 4.90 Å². The largest absolute Gasteiger partial charge is 0.484 e. The Morgan fingerprint density at radius 3 is 2.07 bits per heavy atom. The smallest absolute Gasteiger partial charge is 0.259 e. The fourth-order valence-electron chi connectivity index (χ4n) is 2.74. The first-order valence-electron chi connectivity index (χ1n) is 9.38. The third-order valence-corrected chi connectivity index (χ3v) is 4.42. The molecule has 5 heteroatoms. The maximum absolute atomic E-state index is 12.3. The fourth-order valence-corrected chi connectivity index (χ4v) is 2.74. The van der Waals surface area contributed by atoms with E-state index < -0.39 is 0 Å². The van der Waals surface area contributed by atoms with Crippen LogP contribution < -0.4 is 10.1 Å². The van der Waals surface area contributed by atoms with Crippen LogP contribution in [-0.2, 0) is 16.0 Å². The molecule has 0 atom stereocenters. The molecule has 0 aliphatic carbocycles. The van der Waals surface area contributed by atoms with Gasteiger partial charge in [0.25, 0.3) is 5.91 Å². The highest BCUT2D eigenvalue weighted by Gasteiger charge is 2.07. The summed E-state index contributed by atoms with van der Waals surface area (Å²) in [7, 11) is 3.36. The van der Waals surface area contributed by atoms with Crippen molar-refractivity contribution in [1.29, 1.82) is 0 Å². The highest BCUT2D eigenvalue weighted by molar-refractivity contribution is 5.92. The first-order chi connectivity index (χ1) is 14.0. The van der Waals surface area contributed by atoms with Crippen LogP contribution in [0.5, 0.6) is 5.75 Å². The van der Waals surface area contributed by atoms with Gasteiger partial charge in [-0.1, -0.05) is 54.6 Å². The molecule has 0 aliphatic heterocycles. The van der Waals surface area contributed by atoms with Crippen LogP contribution >= 0.6 is 0 Å². The van der Waals surface area contributed by atoms with Crippen molar-refractivity contribution in [2.75, 3.05) is 26.0 Å². The quantitative estimate of drug-likeness (QED) is 0.666. The standard InChI is InChI=1S/C24H24N2O3/c1-26(2)24(28)17-29-22-14-12-21(13-15-22)25-23(27)16-18-8-10-20(11-9-18)19-6-4-3-5-7-19/h3-15H,16-17H2,1-2H3,(H,25,27). The minimum absolute atomic E-state index is 0.0162. The Labute approximate surface area is 170 Å². The normalized spacial score (nSPS) is 10.3. The van der Waals surface area contributed by atoms with E-state index in [1.807, 2.05) is 42.5 Å². The topological polar surface area (TPSA) is 58.6 Å². The Kier molecular flexibility index (Phi) is 6.63. The third-order valence-electron chi connectivity index (χ3n) is 4.42. The average Bonchev–Trinajstić information content (AvgIpc) is 2.74. The Hall–Kier alpha value is -3.60. The van der Waals surface area contributed by atoms with E-state index in [2.05, 4.69) is 17.4 Å². The molecule has 5 nitrogen and oxygen atoms in total. The summed E-state index contributed by atoms with van der Waals surface area (Å²) in [6.45, 7) is -0.0162. The van der Waals surface area contributed by atoms with Crippen molar-refractivity contribution < 1.29 is 14.3 Å². The number of nitrogens with one attached hydrogen (secondary N) is 1. The molecule has 0 heterocycles. The SMILES string of the molecule is CN(C)C(=O)COc1ccc(NC(=O)Cc2ccc(-c3ccccc3)cc2)cc1. The molecule has 0 radical (unpaired) electrons. The average molecular weight is 388 g/mol. The molecule has 0 spiro atoms. The van der Waals surface area contributed by atoms with E-state index in [-0.39, 0.29) is 18.4 Å². The first kappa shape index (κ1) is 20.1. The van der Waals surface area contributed by atoms with Gasteiger partial charge >= 0.3 is 0 Å². The van der Waals surface area contributed by atoms with E-state index in [1.54, 1.807) is 38.4 Å². The number of carbonyl (C=O) groups excluding carboxylic acids is 2. The zero-order valence-electron chi connectivity index (χ0n) is 16.6. The number of nitrogens with zero attached hydrogens (tertiary/aromatic N) is 1. The van der Waals surface area contributed by atoms with Crippen LogP contribution in [0.15, 0.2) is 78.9 Å². The number of likely N-dealkylation sites (N-methyl/N-ethyl adjacent to an activating group) is 1. The molecule has 0 unspecified atom stereocenters. The summed E-state index contributed by atoms with van der Waals surface area (Å²) in [4.78, 5) is 25.3. The van der Waals surface area contributed by atoms with Crippen LogP contribution in [0.1, 0.15) is 5.56 Å². The minimum atomic E-state index is -0.110. The first-order valence-corrected chi connectivity index (χ1v) is 9.38. The molecule has 0 bridgehead atoms. The second kappa shape index (κ2) is 9.55. The number of hydrogen-bond acceptors (Lipinski definition) is 3. The molecule has 3 aromatic rings. The van der Waals surface area contributed by atoms with E-state index in [9.17, 15) is 9.59 Å². The predicted molar refractivity (Wildman–Crippen MR) is 115 cm³/mol. The van der Waals surface area contributed by atoms with E-state index in [0.29, 0.717) is 17.9 Å². The van der Waals surface area contributed by atoms with Crippen molar-refractivity contribution in [2.45, 2.75) is 6.42 Å². The summed E-state index contributed by atoms with van der Waals surface area (Å²) in [5.41, 5.74) is 3.91. The van der Waals surface area contributed by atoms with Gasteiger partial charge in [0.15, 0.2) is 6.61 Å². The summed E-state index contributed by atoms with van der Waals surface area (Å²) in [6, 6.07) is 25.1. The van der Waals surface area contributed by atoms with Gasteiger partial charge in [0, 0.05) is 19.8 Å². The molecule has 0 fully saturated rings. The number of benzene rings is 3. The number of amides is 2. The van der Waals surface area contributed by atoms with Gasteiger partial charge in [-0.2, -0.15) is 0 Å². The molecule has 148 valence electrons. The summed E-state index contributed by atoms with van der Waals surface area (Å²) >= 11 is 0. The molecule has 0 saturated carbocycles. The van der Waals surface area contributed by atoms with Gasteiger partial charge in [-0.15, -0.1) is 0 Å². The van der Waals surface area contributed by atoms with Gasteiger partial charge in [0.2, 0.25) is 5.91 Å². The highest BCUT2D eigenvalue weighted by Crippen LogP contribution is 2.20. The zero-order valence-corrected chi connectivity index (χ0v) is 16.6. The van der Waals surface area contributed by atoms with Crippen molar-refractivity contribution in [3.63, 3.8) is 0 Å². The Bertz CT molecular complexity index is 950. The van der Waals surface area contributed by atoms with Gasteiger partial charge in [0.05, 0.1) is 6.42 Å². The van der Waals surface area contributed by atoms with E-state index >= 15 is 0 Å². The van der Waals surface area contributed by atoms with Crippen molar-refractivity contribution in [2.24, 2.45) is 0 Å². The molecule has 0 aliphatic rings. The van der Waals surface area contributed by atoms with E-state index in [4.69, 9.17) is 4.74 Å². The van der Waals surface area contributed by atoms with E-state index in [0.717, 1.165) is 16.7 Å². The lowest BCUT2D eigenvalue weighted by atomic mass is 10.0. The summed E-state index contributed by atoms with van der Waals surface area (Å²) in [5, 5.41) is 2.88. The maximum atomic E-state index is 12.3. The number of carbonyl (C=O) groups is 2. The lowest BCUT2D eigenvalue weighted by molar-refractivity contribution is -0.130. The molecule has 29 heavy (non-hydrogen) atoms. The number of rotatable bonds is 7. The molecule has 3 aromatic carbocycles. The van der Waals surface area contributed by atoms with Crippen LogP contribution in [0.25, 0.3) is 11.1 Å². The van der Waals surface area contributed by atoms with Gasteiger partial charge < -0.3 is 15.0 Å². The van der Waals surface area contributed by atoms with Crippen molar-refractivity contribution in [1.82, 2.24) is 4.90 Å². The molecule has 1 N–H and O–H groups in total. The lowest BCUT2D eigenvalue weighted by Gasteiger charge is -2.12. The molecule has 0 aromatic heterocycles. The van der Waals surface area contributed by atoms with Crippen LogP contribution in [0.4, 0.5) is 5.69 Å². The van der Waals surface area contributed by atoms with Gasteiger partial charge in [-0.3, -0.25) is 9.59 Å².